The number of nitro groups is 1. The van der Waals surface area contributed by atoms with Gasteiger partial charge in [-0.3, -0.25) is 10.1 Å². The highest BCUT2D eigenvalue weighted by molar-refractivity contribution is 7.80. The van der Waals surface area contributed by atoms with Gasteiger partial charge in [0.15, 0.2) is 5.11 Å². The average molecular weight is 437 g/mol. The van der Waals surface area contributed by atoms with Crippen molar-refractivity contribution >= 4 is 57.0 Å². The molecule has 2 N–H and O–H groups in total. The van der Waals surface area contributed by atoms with E-state index in [1.807, 2.05) is 0 Å². The third-order valence-electron chi connectivity index (χ3n) is 3.65. The third kappa shape index (κ3) is 5.48. The summed E-state index contributed by atoms with van der Waals surface area (Å²) >= 11 is 6.30. The van der Waals surface area contributed by atoms with E-state index in [2.05, 4.69) is 10.6 Å². The Labute approximate surface area is 176 Å². The molecule has 0 aliphatic heterocycles. The summed E-state index contributed by atoms with van der Waals surface area (Å²) < 4.78 is 10.1. The van der Waals surface area contributed by atoms with Crippen LogP contribution in [0.25, 0.3) is 0 Å². The molecule has 0 fully saturated rings. The number of ether oxygens (including phenoxy) is 2. The predicted octanol–water partition coefficient (Wildman–Crippen LogP) is 4.13. The Morgan fingerprint density at radius 3 is 2.24 bits per heavy atom. The first-order chi connectivity index (χ1) is 13.8. The van der Waals surface area contributed by atoms with Gasteiger partial charge in [0.1, 0.15) is 9.88 Å². The summed E-state index contributed by atoms with van der Waals surface area (Å²) in [4.78, 5) is 35.1. The zero-order valence-corrected chi connectivity index (χ0v) is 17.6. The predicted molar refractivity (Wildman–Crippen MR) is 114 cm³/mol. The highest BCUT2D eigenvalue weighted by Crippen LogP contribution is 2.34. The number of thiophene rings is 1. The zero-order valence-electron chi connectivity index (χ0n) is 15.9. The molecule has 0 bridgehead atoms. The number of carbonyl (C=O) groups excluding carboxylic acids is 2. The summed E-state index contributed by atoms with van der Waals surface area (Å²) in [6, 6.07) is 5.68. The quantitative estimate of drug-likeness (QED) is 0.285. The summed E-state index contributed by atoms with van der Waals surface area (Å²) in [6.07, 6.45) is 0. The number of benzene rings is 1. The number of nitro benzene ring substituents is 1. The first kappa shape index (κ1) is 22.2. The summed E-state index contributed by atoms with van der Waals surface area (Å²) in [5.74, 6) is -1.12. The first-order valence-corrected chi connectivity index (χ1v) is 9.81. The molecule has 1 aromatic heterocycles. The van der Waals surface area contributed by atoms with Gasteiger partial charge in [-0.25, -0.2) is 9.59 Å². The topological polar surface area (TPSA) is 120 Å². The van der Waals surface area contributed by atoms with Crippen molar-refractivity contribution in [3.63, 3.8) is 0 Å². The van der Waals surface area contributed by atoms with Crippen molar-refractivity contribution in [1.82, 2.24) is 0 Å². The molecule has 0 unspecified atom stereocenters. The fourth-order valence-electron chi connectivity index (χ4n) is 2.37. The van der Waals surface area contributed by atoms with E-state index in [0.29, 0.717) is 16.3 Å². The number of thiocarbonyl (C=S) groups is 1. The second-order valence-corrected chi connectivity index (χ2v) is 7.01. The largest absolute Gasteiger partial charge is 0.462 e. The maximum Gasteiger partial charge on any atom is 0.348 e. The summed E-state index contributed by atoms with van der Waals surface area (Å²) in [5, 5.41) is 17.0. The lowest BCUT2D eigenvalue weighted by atomic mass is 10.1. The molecule has 0 atom stereocenters. The minimum absolute atomic E-state index is 0.0491. The molecule has 0 saturated heterocycles. The molecule has 29 heavy (non-hydrogen) atoms. The number of nitrogens with one attached hydrogen (secondary N) is 2. The smallest absolute Gasteiger partial charge is 0.348 e. The highest BCUT2D eigenvalue weighted by Gasteiger charge is 2.26. The van der Waals surface area contributed by atoms with Crippen LogP contribution in [-0.2, 0) is 9.47 Å². The van der Waals surface area contributed by atoms with Crippen LogP contribution in [0.1, 0.15) is 39.4 Å². The van der Waals surface area contributed by atoms with Gasteiger partial charge >= 0.3 is 11.9 Å². The molecule has 0 amide bonds. The van der Waals surface area contributed by atoms with Gasteiger partial charge in [0.05, 0.1) is 23.7 Å². The molecule has 9 nitrogen and oxygen atoms in total. The Morgan fingerprint density at radius 1 is 1.10 bits per heavy atom. The van der Waals surface area contributed by atoms with Crippen LogP contribution in [0.4, 0.5) is 16.4 Å². The van der Waals surface area contributed by atoms with Crippen LogP contribution in [-0.4, -0.2) is 35.2 Å². The van der Waals surface area contributed by atoms with Gasteiger partial charge in [-0.2, -0.15) is 0 Å². The van der Waals surface area contributed by atoms with Gasteiger partial charge in [-0.05, 0) is 50.7 Å². The molecule has 0 aliphatic carbocycles. The van der Waals surface area contributed by atoms with E-state index in [1.54, 1.807) is 20.8 Å². The normalized spacial score (nSPS) is 10.2. The molecule has 0 saturated carbocycles. The van der Waals surface area contributed by atoms with Crippen LogP contribution in [0.2, 0.25) is 0 Å². The van der Waals surface area contributed by atoms with Gasteiger partial charge in [0, 0.05) is 17.8 Å². The van der Waals surface area contributed by atoms with Crippen molar-refractivity contribution in [3.05, 3.63) is 50.4 Å². The molecule has 0 aliphatic rings. The first-order valence-electron chi connectivity index (χ1n) is 8.58. The minimum Gasteiger partial charge on any atom is -0.462 e. The Balaban J connectivity index is 2.26. The standard InChI is InChI=1S/C18H19N3O6S2/c1-4-26-16(22)13-10(3)14(17(23)27-5-2)29-15(13)20-18(28)19-11-6-8-12(9-7-11)21(24)25/h6-9H,4-5H2,1-3H3,(H2,19,20,28). The SMILES string of the molecule is CCOC(=O)c1sc(NC(=S)Nc2ccc([N+](=O)[O-])cc2)c(C(=O)OCC)c1C. The monoisotopic (exact) mass is 437 g/mol. The Hall–Kier alpha value is -3.05. The van der Waals surface area contributed by atoms with E-state index >= 15 is 0 Å². The van der Waals surface area contributed by atoms with Crippen molar-refractivity contribution in [2.45, 2.75) is 20.8 Å². The summed E-state index contributed by atoms with van der Waals surface area (Å²) in [5.41, 5.74) is 1.11. The van der Waals surface area contributed by atoms with Crippen LogP contribution in [0.15, 0.2) is 24.3 Å². The number of carbonyl (C=O) groups is 2. The summed E-state index contributed by atoms with van der Waals surface area (Å²) in [7, 11) is 0. The Bertz CT molecular complexity index is 940. The number of anilines is 2. The Kier molecular flexibility index (Phi) is 7.62. The fourth-order valence-corrected chi connectivity index (χ4v) is 3.75. The van der Waals surface area contributed by atoms with Crippen LogP contribution < -0.4 is 10.6 Å². The van der Waals surface area contributed by atoms with E-state index in [0.717, 1.165) is 11.3 Å². The van der Waals surface area contributed by atoms with Gasteiger partial charge in [-0.1, -0.05) is 0 Å². The number of hydrogen-bond donors (Lipinski definition) is 2. The maximum atomic E-state index is 12.4. The average Bonchev–Trinajstić information content (AvgIpc) is 2.98. The number of rotatable bonds is 7. The lowest BCUT2D eigenvalue weighted by Gasteiger charge is -2.11. The van der Waals surface area contributed by atoms with Gasteiger partial charge in [0.25, 0.3) is 5.69 Å². The van der Waals surface area contributed by atoms with Crippen LogP contribution >= 0.6 is 23.6 Å². The second kappa shape index (κ2) is 9.94. The van der Waals surface area contributed by atoms with Crippen molar-refractivity contribution < 1.29 is 24.0 Å². The molecule has 154 valence electrons. The lowest BCUT2D eigenvalue weighted by molar-refractivity contribution is -0.384. The molecule has 0 radical (unpaired) electrons. The van der Waals surface area contributed by atoms with Crippen molar-refractivity contribution in [3.8, 4) is 0 Å². The van der Waals surface area contributed by atoms with Crippen LogP contribution in [0.5, 0.6) is 0 Å². The maximum absolute atomic E-state index is 12.4. The number of nitrogens with zero attached hydrogens (tertiary/aromatic N) is 1. The van der Waals surface area contributed by atoms with Crippen LogP contribution in [0.3, 0.4) is 0 Å². The minimum atomic E-state index is -0.586. The molecular weight excluding hydrogens is 418 g/mol. The molecule has 1 heterocycles. The van der Waals surface area contributed by atoms with Gasteiger partial charge in [-0.15, -0.1) is 11.3 Å². The third-order valence-corrected chi connectivity index (χ3v) is 5.04. The number of esters is 2. The molecule has 2 rings (SSSR count). The van der Waals surface area contributed by atoms with Crippen molar-refractivity contribution in [2.75, 3.05) is 23.8 Å². The number of non-ortho nitro benzene ring substituents is 1. The zero-order chi connectivity index (χ0) is 21.6. The molecule has 11 heteroatoms. The van der Waals surface area contributed by atoms with Crippen LogP contribution in [0, 0.1) is 17.0 Å². The lowest BCUT2D eigenvalue weighted by Crippen LogP contribution is -2.20. The van der Waals surface area contributed by atoms with E-state index in [4.69, 9.17) is 21.7 Å². The molecular formula is C18H19N3O6S2. The Morgan fingerprint density at radius 2 is 1.69 bits per heavy atom. The van der Waals surface area contributed by atoms with Gasteiger partial charge < -0.3 is 20.1 Å². The fraction of sp³-hybridized carbons (Fsp3) is 0.278. The van der Waals surface area contributed by atoms with E-state index < -0.39 is 16.9 Å². The number of hydrogen-bond acceptors (Lipinski definition) is 8. The highest BCUT2D eigenvalue weighted by atomic mass is 32.1. The molecule has 2 aromatic rings. The molecule has 0 spiro atoms. The summed E-state index contributed by atoms with van der Waals surface area (Å²) in [6.45, 7) is 5.38. The van der Waals surface area contributed by atoms with E-state index in [-0.39, 0.29) is 34.5 Å². The molecule has 1 aromatic carbocycles. The van der Waals surface area contributed by atoms with E-state index in [1.165, 1.54) is 24.3 Å². The van der Waals surface area contributed by atoms with E-state index in [9.17, 15) is 19.7 Å². The second-order valence-electron chi connectivity index (χ2n) is 5.58. The van der Waals surface area contributed by atoms with Crippen molar-refractivity contribution in [2.24, 2.45) is 0 Å². The van der Waals surface area contributed by atoms with Gasteiger partial charge in [0.2, 0.25) is 0 Å². The van der Waals surface area contributed by atoms with Crippen molar-refractivity contribution in [1.29, 1.82) is 0 Å².